The summed E-state index contributed by atoms with van der Waals surface area (Å²) >= 11 is 0. The van der Waals surface area contributed by atoms with E-state index < -0.39 is 0 Å². The standard InChI is InChI=1S/C15H19N3O2.ClH/c16-9-14-11-18(6-7-19-14)10-13-8-15(20-17-13)12-4-2-1-3-5-12;/h1-5,8,14H,6-7,9-11,16H2;1H. The molecule has 2 N–H and O–H groups in total. The van der Waals surface area contributed by atoms with E-state index in [0.29, 0.717) is 6.54 Å². The first-order valence-corrected chi connectivity index (χ1v) is 6.90. The molecule has 2 aromatic rings. The molecule has 0 spiro atoms. The number of morpholine rings is 1. The fraction of sp³-hybridized carbons (Fsp3) is 0.400. The van der Waals surface area contributed by atoms with Gasteiger partial charge in [-0.3, -0.25) is 4.90 Å². The van der Waals surface area contributed by atoms with Gasteiger partial charge in [-0.05, 0) is 0 Å². The Labute approximate surface area is 130 Å². The van der Waals surface area contributed by atoms with E-state index in [9.17, 15) is 0 Å². The lowest BCUT2D eigenvalue weighted by Crippen LogP contribution is -2.45. The van der Waals surface area contributed by atoms with Crippen LogP contribution in [0.2, 0.25) is 0 Å². The summed E-state index contributed by atoms with van der Waals surface area (Å²) in [5, 5.41) is 4.15. The van der Waals surface area contributed by atoms with Gasteiger partial charge in [0.25, 0.3) is 0 Å². The van der Waals surface area contributed by atoms with Crippen molar-refractivity contribution in [3.63, 3.8) is 0 Å². The van der Waals surface area contributed by atoms with Crippen molar-refractivity contribution >= 4 is 12.4 Å². The third-order valence-electron chi connectivity index (χ3n) is 3.49. The first-order valence-electron chi connectivity index (χ1n) is 6.90. The molecule has 3 rings (SSSR count). The SMILES string of the molecule is Cl.NCC1CN(Cc2cc(-c3ccccc3)on2)CCO1. The van der Waals surface area contributed by atoms with Crippen molar-refractivity contribution in [2.24, 2.45) is 5.73 Å². The van der Waals surface area contributed by atoms with E-state index in [1.54, 1.807) is 0 Å². The van der Waals surface area contributed by atoms with E-state index in [1.807, 2.05) is 36.4 Å². The van der Waals surface area contributed by atoms with Crippen LogP contribution in [0.25, 0.3) is 11.3 Å². The molecule has 1 fully saturated rings. The van der Waals surface area contributed by atoms with Gasteiger partial charge < -0.3 is 15.0 Å². The van der Waals surface area contributed by atoms with Crippen LogP contribution in [0, 0.1) is 0 Å². The van der Waals surface area contributed by atoms with Crippen molar-refractivity contribution in [1.82, 2.24) is 10.1 Å². The van der Waals surface area contributed by atoms with Crippen molar-refractivity contribution in [3.05, 3.63) is 42.1 Å². The Morgan fingerprint density at radius 3 is 2.86 bits per heavy atom. The number of nitrogens with two attached hydrogens (primary N) is 1. The third kappa shape index (κ3) is 4.04. The molecule has 1 aromatic carbocycles. The maximum atomic E-state index is 5.65. The molecule has 1 atom stereocenters. The minimum absolute atomic E-state index is 0. The number of benzene rings is 1. The molecular formula is C15H20ClN3O2. The summed E-state index contributed by atoms with van der Waals surface area (Å²) in [6, 6.07) is 12.0. The van der Waals surface area contributed by atoms with Crippen LogP contribution >= 0.6 is 12.4 Å². The van der Waals surface area contributed by atoms with E-state index in [-0.39, 0.29) is 18.5 Å². The zero-order chi connectivity index (χ0) is 13.8. The number of hydrogen-bond donors (Lipinski definition) is 1. The van der Waals surface area contributed by atoms with Crippen LogP contribution in [-0.4, -0.2) is 42.4 Å². The summed E-state index contributed by atoms with van der Waals surface area (Å²) < 4.78 is 11.0. The van der Waals surface area contributed by atoms with Crippen LogP contribution in [-0.2, 0) is 11.3 Å². The maximum Gasteiger partial charge on any atom is 0.167 e. The highest BCUT2D eigenvalue weighted by Gasteiger charge is 2.20. The summed E-state index contributed by atoms with van der Waals surface area (Å²) in [7, 11) is 0. The van der Waals surface area contributed by atoms with Gasteiger partial charge >= 0.3 is 0 Å². The van der Waals surface area contributed by atoms with Crippen LogP contribution < -0.4 is 5.73 Å². The van der Waals surface area contributed by atoms with E-state index >= 15 is 0 Å². The smallest absolute Gasteiger partial charge is 0.167 e. The number of halogens is 1. The molecule has 0 amide bonds. The van der Waals surface area contributed by atoms with Crippen molar-refractivity contribution in [3.8, 4) is 11.3 Å². The van der Waals surface area contributed by atoms with Crippen molar-refractivity contribution in [2.45, 2.75) is 12.6 Å². The largest absolute Gasteiger partial charge is 0.374 e. The van der Waals surface area contributed by atoms with Gasteiger partial charge in [0.1, 0.15) is 0 Å². The van der Waals surface area contributed by atoms with Gasteiger partial charge in [0, 0.05) is 37.8 Å². The fourth-order valence-electron chi connectivity index (χ4n) is 2.42. The molecule has 0 bridgehead atoms. The first kappa shape index (κ1) is 16.0. The number of ether oxygens (including phenoxy) is 1. The van der Waals surface area contributed by atoms with Gasteiger partial charge in [0.2, 0.25) is 0 Å². The van der Waals surface area contributed by atoms with Gasteiger partial charge in [-0.15, -0.1) is 12.4 Å². The monoisotopic (exact) mass is 309 g/mol. The lowest BCUT2D eigenvalue weighted by Gasteiger charge is -2.31. The minimum atomic E-state index is 0. The molecule has 5 nitrogen and oxygen atoms in total. The molecular weight excluding hydrogens is 290 g/mol. The number of aromatic nitrogens is 1. The molecule has 1 saturated heterocycles. The number of nitrogens with zero attached hydrogens (tertiary/aromatic N) is 2. The number of rotatable bonds is 4. The molecule has 2 heterocycles. The molecule has 1 aromatic heterocycles. The Bertz CT molecular complexity index is 547. The first-order chi connectivity index (χ1) is 9.85. The van der Waals surface area contributed by atoms with Crippen LogP contribution in [0.1, 0.15) is 5.69 Å². The quantitative estimate of drug-likeness (QED) is 0.935. The molecule has 21 heavy (non-hydrogen) atoms. The highest BCUT2D eigenvalue weighted by Crippen LogP contribution is 2.20. The Kier molecular flexibility index (Phi) is 5.76. The predicted octanol–water partition coefficient (Wildman–Crippen LogP) is 1.92. The second-order valence-electron chi connectivity index (χ2n) is 5.01. The van der Waals surface area contributed by atoms with Gasteiger partial charge in [-0.25, -0.2) is 0 Å². The maximum absolute atomic E-state index is 5.65. The normalized spacial score (nSPS) is 19.2. The van der Waals surface area contributed by atoms with Crippen molar-refractivity contribution < 1.29 is 9.26 Å². The summed E-state index contributed by atoms with van der Waals surface area (Å²) in [6.45, 7) is 3.82. The third-order valence-corrected chi connectivity index (χ3v) is 3.49. The second kappa shape index (κ2) is 7.56. The zero-order valence-electron chi connectivity index (χ0n) is 11.8. The molecule has 1 unspecified atom stereocenters. The Morgan fingerprint density at radius 1 is 1.29 bits per heavy atom. The summed E-state index contributed by atoms with van der Waals surface area (Å²) in [5.74, 6) is 0.809. The van der Waals surface area contributed by atoms with E-state index in [1.165, 1.54) is 0 Å². The van der Waals surface area contributed by atoms with E-state index in [2.05, 4.69) is 10.1 Å². The summed E-state index contributed by atoms with van der Waals surface area (Å²) in [4.78, 5) is 2.30. The number of hydrogen-bond acceptors (Lipinski definition) is 5. The average Bonchev–Trinajstić information content (AvgIpc) is 2.97. The highest BCUT2D eigenvalue weighted by molar-refractivity contribution is 5.85. The molecule has 6 heteroatoms. The molecule has 1 aliphatic heterocycles. The molecule has 0 saturated carbocycles. The van der Waals surface area contributed by atoms with Crippen LogP contribution in [0.3, 0.4) is 0 Å². The van der Waals surface area contributed by atoms with Gasteiger partial charge in [0.05, 0.1) is 18.4 Å². The second-order valence-corrected chi connectivity index (χ2v) is 5.01. The predicted molar refractivity (Wildman–Crippen MR) is 83.3 cm³/mol. The zero-order valence-corrected chi connectivity index (χ0v) is 12.6. The van der Waals surface area contributed by atoms with Crippen LogP contribution in [0.4, 0.5) is 0 Å². The average molecular weight is 310 g/mol. The lowest BCUT2D eigenvalue weighted by molar-refractivity contribution is -0.0266. The molecule has 0 aliphatic carbocycles. The van der Waals surface area contributed by atoms with Gasteiger partial charge in [0.15, 0.2) is 5.76 Å². The summed E-state index contributed by atoms with van der Waals surface area (Å²) in [6.07, 6.45) is 0.129. The lowest BCUT2D eigenvalue weighted by atomic mass is 10.1. The molecule has 114 valence electrons. The van der Waals surface area contributed by atoms with Crippen molar-refractivity contribution in [1.29, 1.82) is 0 Å². The van der Waals surface area contributed by atoms with Crippen molar-refractivity contribution in [2.75, 3.05) is 26.2 Å². The van der Waals surface area contributed by atoms with E-state index in [4.69, 9.17) is 15.0 Å². The summed E-state index contributed by atoms with van der Waals surface area (Å²) in [5.41, 5.74) is 7.65. The fourth-order valence-corrected chi connectivity index (χ4v) is 2.42. The minimum Gasteiger partial charge on any atom is -0.374 e. The van der Waals surface area contributed by atoms with Gasteiger partial charge in [-0.1, -0.05) is 35.5 Å². The van der Waals surface area contributed by atoms with Crippen LogP contribution in [0.5, 0.6) is 0 Å². The molecule has 1 aliphatic rings. The Morgan fingerprint density at radius 2 is 2.10 bits per heavy atom. The Hall–Kier alpha value is -1.40. The van der Waals surface area contributed by atoms with Crippen LogP contribution in [0.15, 0.2) is 40.9 Å². The highest BCUT2D eigenvalue weighted by atomic mass is 35.5. The topological polar surface area (TPSA) is 64.5 Å². The van der Waals surface area contributed by atoms with E-state index in [0.717, 1.165) is 43.3 Å². The Balaban J connectivity index is 0.00000161. The van der Waals surface area contributed by atoms with Gasteiger partial charge in [-0.2, -0.15) is 0 Å². The molecule has 0 radical (unpaired) electrons.